The first-order chi connectivity index (χ1) is 12.2. The highest BCUT2D eigenvalue weighted by atomic mass is 16.5. The van der Waals surface area contributed by atoms with Gasteiger partial charge in [0.1, 0.15) is 5.69 Å². The molecule has 1 saturated heterocycles. The molecule has 1 aromatic heterocycles. The molecular weight excluding hydrogens is 318 g/mol. The number of nitrogens with one attached hydrogen (secondary N) is 1. The number of carbonyl (C=O) groups is 2. The summed E-state index contributed by atoms with van der Waals surface area (Å²) in [6.45, 7) is 4.44. The summed E-state index contributed by atoms with van der Waals surface area (Å²) in [4.78, 5) is 27.2. The summed E-state index contributed by atoms with van der Waals surface area (Å²) in [6, 6.07) is 3.97. The minimum Gasteiger partial charge on any atom is -0.381 e. The van der Waals surface area contributed by atoms with E-state index in [-0.39, 0.29) is 11.8 Å². The molecule has 1 N–H and O–H groups in total. The van der Waals surface area contributed by atoms with Crippen LogP contribution in [-0.2, 0) is 22.5 Å². The SMILES string of the molecule is O=C(NCC1CC1)c1ccc2n1CCN(C(=O)C1[C@H]3COC[C@@H]13)CC2. The highest BCUT2D eigenvalue weighted by Gasteiger charge is 2.58. The fraction of sp³-hybridized carbons (Fsp3) is 0.684. The molecule has 3 atom stereocenters. The number of hydrogen-bond acceptors (Lipinski definition) is 3. The first-order valence-electron chi connectivity index (χ1n) is 9.55. The Morgan fingerprint density at radius 1 is 1.12 bits per heavy atom. The normalized spacial score (nSPS) is 30.4. The van der Waals surface area contributed by atoms with Gasteiger partial charge in [0.05, 0.1) is 13.2 Å². The quantitative estimate of drug-likeness (QED) is 0.884. The lowest BCUT2D eigenvalue weighted by Crippen LogP contribution is -2.36. The van der Waals surface area contributed by atoms with Crippen molar-refractivity contribution < 1.29 is 14.3 Å². The standard InChI is InChI=1S/C19H25N3O3/c23-18(20-9-12-1-2-12)16-4-3-13-5-6-21(7-8-22(13)16)19(24)17-14-10-25-11-15(14)17/h3-4,12,14-15,17H,1-2,5-11H2,(H,20,23)/t14-,15+,17?. The molecule has 134 valence electrons. The molecule has 2 amide bonds. The summed E-state index contributed by atoms with van der Waals surface area (Å²) in [5.74, 6) is 2.09. The van der Waals surface area contributed by atoms with E-state index < -0.39 is 0 Å². The zero-order chi connectivity index (χ0) is 17.0. The van der Waals surface area contributed by atoms with Gasteiger partial charge in [0.25, 0.3) is 5.91 Å². The predicted octanol–water partition coefficient (Wildman–Crippen LogP) is 0.905. The topological polar surface area (TPSA) is 63.6 Å². The van der Waals surface area contributed by atoms with E-state index in [0.717, 1.165) is 44.1 Å². The van der Waals surface area contributed by atoms with E-state index in [1.165, 1.54) is 12.8 Å². The summed E-state index contributed by atoms with van der Waals surface area (Å²) in [7, 11) is 0. The number of fused-ring (bicyclic) bond motifs is 2. The van der Waals surface area contributed by atoms with Crippen molar-refractivity contribution in [1.82, 2.24) is 14.8 Å². The van der Waals surface area contributed by atoms with Gasteiger partial charge in [-0.25, -0.2) is 0 Å². The smallest absolute Gasteiger partial charge is 0.267 e. The van der Waals surface area contributed by atoms with E-state index in [1.54, 1.807) is 0 Å². The maximum absolute atomic E-state index is 12.8. The maximum Gasteiger partial charge on any atom is 0.267 e. The van der Waals surface area contributed by atoms with Crippen LogP contribution in [0.2, 0.25) is 0 Å². The van der Waals surface area contributed by atoms with Crippen molar-refractivity contribution in [1.29, 1.82) is 0 Å². The van der Waals surface area contributed by atoms with Gasteiger partial charge in [-0.3, -0.25) is 9.59 Å². The number of carbonyl (C=O) groups excluding carboxylic acids is 2. The van der Waals surface area contributed by atoms with Crippen molar-refractivity contribution in [3.05, 3.63) is 23.5 Å². The Labute approximate surface area is 147 Å². The minimum absolute atomic E-state index is 0.0202. The molecule has 25 heavy (non-hydrogen) atoms. The number of hydrogen-bond donors (Lipinski definition) is 1. The van der Waals surface area contributed by atoms with Crippen LogP contribution in [0.1, 0.15) is 29.0 Å². The van der Waals surface area contributed by atoms with E-state index in [2.05, 4.69) is 9.88 Å². The Balaban J connectivity index is 1.24. The summed E-state index contributed by atoms with van der Waals surface area (Å²) in [6.07, 6.45) is 3.29. The second kappa shape index (κ2) is 5.87. The lowest BCUT2D eigenvalue weighted by Gasteiger charge is -2.21. The predicted molar refractivity (Wildman–Crippen MR) is 91.1 cm³/mol. The molecule has 0 bridgehead atoms. The van der Waals surface area contributed by atoms with Crippen molar-refractivity contribution in [3.8, 4) is 0 Å². The molecule has 0 radical (unpaired) electrons. The summed E-state index contributed by atoms with van der Waals surface area (Å²) in [5, 5.41) is 3.05. The van der Waals surface area contributed by atoms with Crippen LogP contribution < -0.4 is 5.32 Å². The monoisotopic (exact) mass is 343 g/mol. The van der Waals surface area contributed by atoms with Crippen LogP contribution in [0.5, 0.6) is 0 Å². The van der Waals surface area contributed by atoms with E-state index in [0.29, 0.717) is 36.8 Å². The third kappa shape index (κ3) is 2.76. The summed E-state index contributed by atoms with van der Waals surface area (Å²) < 4.78 is 7.51. The molecule has 2 aliphatic heterocycles. The molecule has 6 heteroatoms. The first kappa shape index (κ1) is 15.4. The molecule has 2 saturated carbocycles. The van der Waals surface area contributed by atoms with Crippen LogP contribution in [-0.4, -0.2) is 54.1 Å². The zero-order valence-corrected chi connectivity index (χ0v) is 14.4. The van der Waals surface area contributed by atoms with Crippen molar-refractivity contribution in [2.45, 2.75) is 25.8 Å². The fourth-order valence-corrected chi connectivity index (χ4v) is 4.46. The largest absolute Gasteiger partial charge is 0.381 e. The molecule has 3 heterocycles. The van der Waals surface area contributed by atoms with Crippen LogP contribution in [0.4, 0.5) is 0 Å². The number of nitrogens with zero attached hydrogens (tertiary/aromatic N) is 2. The Hall–Kier alpha value is -1.82. The number of aromatic nitrogens is 1. The molecule has 3 fully saturated rings. The van der Waals surface area contributed by atoms with Crippen molar-refractivity contribution in [2.75, 3.05) is 32.8 Å². The Kier molecular flexibility index (Phi) is 3.62. The molecule has 6 nitrogen and oxygen atoms in total. The van der Waals surface area contributed by atoms with Gasteiger partial charge >= 0.3 is 0 Å². The van der Waals surface area contributed by atoms with E-state index in [4.69, 9.17) is 4.74 Å². The third-order valence-electron chi connectivity index (χ3n) is 6.33. The number of amides is 2. The maximum atomic E-state index is 12.8. The number of rotatable bonds is 4. The van der Waals surface area contributed by atoms with Gasteiger partial charge in [-0.1, -0.05) is 0 Å². The Morgan fingerprint density at radius 2 is 1.92 bits per heavy atom. The van der Waals surface area contributed by atoms with Gasteiger partial charge in [-0.15, -0.1) is 0 Å². The third-order valence-corrected chi connectivity index (χ3v) is 6.33. The molecule has 0 aromatic carbocycles. The van der Waals surface area contributed by atoms with Gasteiger partial charge in [0, 0.05) is 44.2 Å². The van der Waals surface area contributed by atoms with E-state index >= 15 is 0 Å². The van der Waals surface area contributed by atoms with Crippen molar-refractivity contribution in [3.63, 3.8) is 0 Å². The highest BCUT2D eigenvalue weighted by molar-refractivity contribution is 5.93. The lowest BCUT2D eigenvalue weighted by molar-refractivity contribution is -0.134. The van der Waals surface area contributed by atoms with Crippen LogP contribution in [0.25, 0.3) is 0 Å². The Bertz CT molecular complexity index is 699. The fourth-order valence-electron chi connectivity index (χ4n) is 4.46. The van der Waals surface area contributed by atoms with Crippen molar-refractivity contribution >= 4 is 11.8 Å². The van der Waals surface area contributed by atoms with E-state index in [1.807, 2.05) is 17.0 Å². The molecule has 1 aromatic rings. The Morgan fingerprint density at radius 3 is 2.68 bits per heavy atom. The van der Waals surface area contributed by atoms with Crippen LogP contribution in [0.3, 0.4) is 0 Å². The molecule has 2 aliphatic carbocycles. The van der Waals surface area contributed by atoms with Gasteiger partial charge in [0.15, 0.2) is 0 Å². The molecular formula is C19H25N3O3. The molecule has 1 unspecified atom stereocenters. The lowest BCUT2D eigenvalue weighted by atomic mass is 10.2. The van der Waals surface area contributed by atoms with Gasteiger partial charge < -0.3 is 19.5 Å². The summed E-state index contributed by atoms with van der Waals surface area (Å²) >= 11 is 0. The minimum atomic E-state index is 0.0202. The van der Waals surface area contributed by atoms with Gasteiger partial charge in [-0.05, 0) is 42.7 Å². The van der Waals surface area contributed by atoms with E-state index in [9.17, 15) is 9.59 Å². The zero-order valence-electron chi connectivity index (χ0n) is 14.4. The average Bonchev–Trinajstić information content (AvgIpc) is 3.50. The van der Waals surface area contributed by atoms with Gasteiger partial charge in [0.2, 0.25) is 5.91 Å². The first-order valence-corrected chi connectivity index (χ1v) is 9.55. The van der Waals surface area contributed by atoms with Crippen LogP contribution in [0, 0.1) is 23.7 Å². The van der Waals surface area contributed by atoms with Crippen LogP contribution >= 0.6 is 0 Å². The highest BCUT2D eigenvalue weighted by Crippen LogP contribution is 2.51. The summed E-state index contributed by atoms with van der Waals surface area (Å²) in [5.41, 5.74) is 1.90. The van der Waals surface area contributed by atoms with Crippen molar-refractivity contribution in [2.24, 2.45) is 23.7 Å². The molecule has 0 spiro atoms. The van der Waals surface area contributed by atoms with Gasteiger partial charge in [-0.2, -0.15) is 0 Å². The number of ether oxygens (including phenoxy) is 1. The molecule has 4 aliphatic rings. The average molecular weight is 343 g/mol. The second-order valence-corrected chi connectivity index (χ2v) is 7.98. The molecule has 5 rings (SSSR count). The van der Waals surface area contributed by atoms with Crippen LogP contribution in [0.15, 0.2) is 12.1 Å². The second-order valence-electron chi connectivity index (χ2n) is 7.98.